The van der Waals surface area contributed by atoms with Crippen LogP contribution in [0.4, 0.5) is 0 Å². The molecule has 1 fully saturated rings. The first-order valence-corrected chi connectivity index (χ1v) is 4.34. The predicted octanol–water partition coefficient (Wildman–Crippen LogP) is 3.06. The SMILES string of the molecule is Cc1[c]ccc(C2CCC2)c1. The van der Waals surface area contributed by atoms with Gasteiger partial charge in [0.15, 0.2) is 0 Å². The van der Waals surface area contributed by atoms with Crippen LogP contribution in [0.5, 0.6) is 0 Å². The molecular formula is C11H13. The minimum absolute atomic E-state index is 0.864. The molecular weight excluding hydrogens is 132 g/mol. The second-order valence-corrected chi connectivity index (χ2v) is 3.43. The van der Waals surface area contributed by atoms with Crippen LogP contribution in [0.3, 0.4) is 0 Å². The molecule has 2 rings (SSSR count). The lowest BCUT2D eigenvalue weighted by Crippen LogP contribution is -2.08. The van der Waals surface area contributed by atoms with Crippen molar-refractivity contribution in [3.05, 3.63) is 35.4 Å². The standard InChI is InChI=1S/C11H13/c1-9-4-2-7-11(8-9)10-5-3-6-10/h2,7-8,10H,3,5-6H2,1H3. The fraction of sp³-hybridized carbons (Fsp3) is 0.455. The van der Waals surface area contributed by atoms with E-state index in [-0.39, 0.29) is 0 Å². The highest BCUT2D eigenvalue weighted by Crippen LogP contribution is 2.36. The van der Waals surface area contributed by atoms with Gasteiger partial charge in [0.25, 0.3) is 0 Å². The van der Waals surface area contributed by atoms with E-state index in [9.17, 15) is 0 Å². The van der Waals surface area contributed by atoms with Gasteiger partial charge in [0, 0.05) is 0 Å². The van der Waals surface area contributed by atoms with Gasteiger partial charge in [-0.15, -0.1) is 0 Å². The maximum atomic E-state index is 3.17. The summed E-state index contributed by atoms with van der Waals surface area (Å²) in [4.78, 5) is 0. The molecule has 0 saturated heterocycles. The molecule has 11 heavy (non-hydrogen) atoms. The molecule has 1 aliphatic carbocycles. The molecule has 1 radical (unpaired) electrons. The first-order valence-electron chi connectivity index (χ1n) is 4.34. The summed E-state index contributed by atoms with van der Waals surface area (Å²) in [6.07, 6.45) is 4.20. The molecule has 0 aliphatic heterocycles. The highest BCUT2D eigenvalue weighted by atomic mass is 14.2. The van der Waals surface area contributed by atoms with Crippen LogP contribution < -0.4 is 0 Å². The smallest absolute Gasteiger partial charge is 0.0152 e. The third-order valence-corrected chi connectivity index (χ3v) is 2.55. The van der Waals surface area contributed by atoms with Gasteiger partial charge < -0.3 is 0 Å². The molecule has 1 aromatic rings. The summed E-state index contributed by atoms with van der Waals surface area (Å²) in [7, 11) is 0. The average Bonchev–Trinajstić information content (AvgIpc) is 1.83. The van der Waals surface area contributed by atoms with E-state index < -0.39 is 0 Å². The van der Waals surface area contributed by atoms with Crippen molar-refractivity contribution in [3.63, 3.8) is 0 Å². The van der Waals surface area contributed by atoms with Crippen molar-refractivity contribution in [1.29, 1.82) is 0 Å². The second-order valence-electron chi connectivity index (χ2n) is 3.43. The molecule has 0 N–H and O–H groups in total. The van der Waals surface area contributed by atoms with Gasteiger partial charge in [-0.25, -0.2) is 0 Å². The Balaban J connectivity index is 2.23. The molecule has 0 heteroatoms. The second kappa shape index (κ2) is 2.69. The van der Waals surface area contributed by atoms with E-state index >= 15 is 0 Å². The van der Waals surface area contributed by atoms with Crippen molar-refractivity contribution in [3.8, 4) is 0 Å². The van der Waals surface area contributed by atoms with E-state index in [1.54, 1.807) is 0 Å². The van der Waals surface area contributed by atoms with Gasteiger partial charge in [-0.2, -0.15) is 0 Å². The van der Waals surface area contributed by atoms with Gasteiger partial charge in [-0.05, 0) is 42.9 Å². The summed E-state index contributed by atoms with van der Waals surface area (Å²) in [5, 5.41) is 0. The van der Waals surface area contributed by atoms with Crippen LogP contribution in [0.15, 0.2) is 18.2 Å². The summed E-state index contributed by atoms with van der Waals surface area (Å²) in [6, 6.07) is 9.69. The van der Waals surface area contributed by atoms with Crippen molar-refractivity contribution in [2.45, 2.75) is 32.1 Å². The van der Waals surface area contributed by atoms with Crippen LogP contribution in [-0.4, -0.2) is 0 Å². The minimum Gasteiger partial charge on any atom is -0.0581 e. The highest BCUT2D eigenvalue weighted by molar-refractivity contribution is 5.25. The van der Waals surface area contributed by atoms with Crippen LogP contribution in [-0.2, 0) is 0 Å². The molecule has 1 aromatic carbocycles. The normalized spacial score (nSPS) is 17.9. The Kier molecular flexibility index (Phi) is 1.69. The molecule has 0 aromatic heterocycles. The number of hydrogen-bond acceptors (Lipinski definition) is 0. The van der Waals surface area contributed by atoms with Crippen molar-refractivity contribution in [2.24, 2.45) is 0 Å². The van der Waals surface area contributed by atoms with Gasteiger partial charge in [-0.1, -0.05) is 24.6 Å². The van der Waals surface area contributed by atoms with E-state index in [1.807, 2.05) is 6.07 Å². The lowest BCUT2D eigenvalue weighted by atomic mass is 9.80. The molecule has 0 nitrogen and oxygen atoms in total. The van der Waals surface area contributed by atoms with Crippen molar-refractivity contribution >= 4 is 0 Å². The zero-order chi connectivity index (χ0) is 7.68. The van der Waals surface area contributed by atoms with Gasteiger partial charge in [0.05, 0.1) is 0 Å². The Hall–Kier alpha value is -0.780. The lowest BCUT2D eigenvalue weighted by molar-refractivity contribution is 0.419. The zero-order valence-electron chi connectivity index (χ0n) is 6.93. The van der Waals surface area contributed by atoms with Crippen molar-refractivity contribution in [2.75, 3.05) is 0 Å². The van der Waals surface area contributed by atoms with Crippen molar-refractivity contribution in [1.82, 2.24) is 0 Å². The predicted molar refractivity (Wildman–Crippen MR) is 46.6 cm³/mol. The fourth-order valence-electron chi connectivity index (χ4n) is 1.60. The molecule has 0 amide bonds. The molecule has 0 atom stereocenters. The van der Waals surface area contributed by atoms with Gasteiger partial charge in [0.1, 0.15) is 0 Å². The highest BCUT2D eigenvalue weighted by Gasteiger charge is 2.18. The summed E-state index contributed by atoms with van der Waals surface area (Å²) in [6.45, 7) is 2.11. The van der Waals surface area contributed by atoms with Gasteiger partial charge in [0.2, 0.25) is 0 Å². The summed E-state index contributed by atoms with van der Waals surface area (Å²) in [5.74, 6) is 0.864. The third-order valence-electron chi connectivity index (χ3n) is 2.55. The number of hydrogen-bond donors (Lipinski definition) is 0. The van der Waals surface area contributed by atoms with Gasteiger partial charge in [-0.3, -0.25) is 0 Å². The van der Waals surface area contributed by atoms with Crippen LogP contribution in [0.25, 0.3) is 0 Å². The Morgan fingerprint density at radius 1 is 1.45 bits per heavy atom. The maximum absolute atomic E-state index is 3.17. The molecule has 0 bridgehead atoms. The van der Waals surface area contributed by atoms with E-state index in [1.165, 1.54) is 30.4 Å². The fourth-order valence-corrected chi connectivity index (χ4v) is 1.60. The molecule has 1 saturated carbocycles. The lowest BCUT2D eigenvalue weighted by Gasteiger charge is -2.25. The molecule has 0 heterocycles. The Labute approximate surface area is 68.3 Å². The number of aryl methyl sites for hydroxylation is 1. The Bertz CT molecular complexity index is 246. The zero-order valence-corrected chi connectivity index (χ0v) is 6.93. The third kappa shape index (κ3) is 1.30. The van der Waals surface area contributed by atoms with Crippen LogP contribution in [0.2, 0.25) is 0 Å². The maximum Gasteiger partial charge on any atom is -0.0152 e. The quantitative estimate of drug-likeness (QED) is 0.569. The van der Waals surface area contributed by atoms with E-state index in [4.69, 9.17) is 0 Å². The largest absolute Gasteiger partial charge is 0.0581 e. The van der Waals surface area contributed by atoms with Crippen LogP contribution in [0.1, 0.15) is 36.3 Å². The van der Waals surface area contributed by atoms with Crippen LogP contribution in [0, 0.1) is 13.0 Å². The number of rotatable bonds is 1. The minimum atomic E-state index is 0.864. The molecule has 0 unspecified atom stereocenters. The summed E-state index contributed by atoms with van der Waals surface area (Å²) >= 11 is 0. The van der Waals surface area contributed by atoms with E-state index in [0.717, 1.165) is 5.92 Å². The summed E-state index contributed by atoms with van der Waals surface area (Å²) in [5.41, 5.74) is 2.79. The van der Waals surface area contributed by atoms with E-state index in [2.05, 4.69) is 25.1 Å². The summed E-state index contributed by atoms with van der Waals surface area (Å²) < 4.78 is 0. The Morgan fingerprint density at radius 3 is 2.82 bits per heavy atom. The molecule has 1 aliphatic rings. The van der Waals surface area contributed by atoms with Crippen LogP contribution >= 0.6 is 0 Å². The molecule has 57 valence electrons. The molecule has 0 spiro atoms. The monoisotopic (exact) mass is 145 g/mol. The van der Waals surface area contributed by atoms with Crippen molar-refractivity contribution < 1.29 is 0 Å². The Morgan fingerprint density at radius 2 is 2.27 bits per heavy atom. The first kappa shape index (κ1) is 6.90. The van der Waals surface area contributed by atoms with E-state index in [0.29, 0.717) is 0 Å². The van der Waals surface area contributed by atoms with Gasteiger partial charge >= 0.3 is 0 Å². The first-order chi connectivity index (χ1) is 5.36. The average molecular weight is 145 g/mol. The number of benzene rings is 1. The topological polar surface area (TPSA) is 0 Å².